The fourth-order valence-electron chi connectivity index (χ4n) is 1.82. The van der Waals surface area contributed by atoms with Crippen molar-refractivity contribution in [2.75, 3.05) is 0 Å². The Hall–Kier alpha value is -2.13. The van der Waals surface area contributed by atoms with E-state index in [0.29, 0.717) is 5.56 Å². The molecule has 2 rings (SSSR count). The van der Waals surface area contributed by atoms with Gasteiger partial charge in [0.25, 0.3) is 5.91 Å². The molecule has 0 saturated carbocycles. The molecule has 0 aromatic heterocycles. The van der Waals surface area contributed by atoms with Crippen molar-refractivity contribution in [3.63, 3.8) is 0 Å². The molecule has 3 nitrogen and oxygen atoms in total. The average Bonchev–Trinajstić information content (AvgIpc) is 2.38. The Kier molecular flexibility index (Phi) is 3.21. The van der Waals surface area contributed by atoms with Crippen molar-refractivity contribution in [3.8, 4) is 11.1 Å². The zero-order valence-corrected chi connectivity index (χ0v) is 9.60. The van der Waals surface area contributed by atoms with Crippen LogP contribution in [0.15, 0.2) is 48.5 Å². The second kappa shape index (κ2) is 4.80. The van der Waals surface area contributed by atoms with Gasteiger partial charge in [-0.05, 0) is 24.1 Å². The first-order valence-electron chi connectivity index (χ1n) is 5.39. The summed E-state index contributed by atoms with van der Waals surface area (Å²) < 4.78 is 0. The molecular weight excluding hydrogens is 212 g/mol. The summed E-state index contributed by atoms with van der Waals surface area (Å²) in [4.78, 5) is 11.7. The van der Waals surface area contributed by atoms with Crippen molar-refractivity contribution in [3.05, 3.63) is 59.7 Å². The van der Waals surface area contributed by atoms with Crippen LogP contribution < -0.4 is 11.3 Å². The molecule has 0 radical (unpaired) electrons. The first-order chi connectivity index (χ1) is 8.22. The molecule has 3 heteroatoms. The molecule has 0 aliphatic heterocycles. The minimum absolute atomic E-state index is 0.276. The number of hydrogen-bond donors (Lipinski definition) is 2. The van der Waals surface area contributed by atoms with Gasteiger partial charge in [0.15, 0.2) is 0 Å². The van der Waals surface area contributed by atoms with Crippen LogP contribution >= 0.6 is 0 Å². The number of carbonyl (C=O) groups excluding carboxylic acids is 1. The standard InChI is InChI=1S/C14H14N2O/c1-10-5-4-6-11(9-10)12-7-2-3-8-13(12)14(17)16-15/h2-9H,15H2,1H3,(H,16,17). The van der Waals surface area contributed by atoms with Crippen LogP contribution in [-0.4, -0.2) is 5.91 Å². The molecule has 2 aromatic carbocycles. The van der Waals surface area contributed by atoms with Crippen LogP contribution in [-0.2, 0) is 0 Å². The Balaban J connectivity index is 2.55. The van der Waals surface area contributed by atoms with Crippen molar-refractivity contribution in [1.29, 1.82) is 0 Å². The van der Waals surface area contributed by atoms with E-state index in [2.05, 4.69) is 5.43 Å². The van der Waals surface area contributed by atoms with E-state index in [-0.39, 0.29) is 5.91 Å². The highest BCUT2D eigenvalue weighted by molar-refractivity contribution is 6.00. The number of hydrazine groups is 1. The van der Waals surface area contributed by atoms with Gasteiger partial charge in [0.2, 0.25) is 0 Å². The second-order valence-corrected chi connectivity index (χ2v) is 3.89. The minimum Gasteiger partial charge on any atom is -0.290 e. The van der Waals surface area contributed by atoms with E-state index in [4.69, 9.17) is 5.84 Å². The van der Waals surface area contributed by atoms with E-state index in [1.54, 1.807) is 6.07 Å². The number of benzene rings is 2. The van der Waals surface area contributed by atoms with Crippen molar-refractivity contribution < 1.29 is 4.79 Å². The van der Waals surface area contributed by atoms with Gasteiger partial charge in [-0.1, -0.05) is 48.0 Å². The highest BCUT2D eigenvalue weighted by Crippen LogP contribution is 2.24. The van der Waals surface area contributed by atoms with Crippen molar-refractivity contribution in [2.45, 2.75) is 6.92 Å². The third-order valence-corrected chi connectivity index (χ3v) is 2.63. The molecule has 0 unspecified atom stereocenters. The maximum absolute atomic E-state index is 11.7. The van der Waals surface area contributed by atoms with Crippen LogP contribution in [0, 0.1) is 6.92 Å². The summed E-state index contributed by atoms with van der Waals surface area (Å²) in [5.41, 5.74) is 5.81. The van der Waals surface area contributed by atoms with E-state index in [1.165, 1.54) is 0 Å². The molecule has 0 bridgehead atoms. The maximum Gasteiger partial charge on any atom is 0.265 e. The maximum atomic E-state index is 11.7. The molecule has 2 aromatic rings. The summed E-state index contributed by atoms with van der Waals surface area (Å²) in [6, 6.07) is 15.4. The zero-order chi connectivity index (χ0) is 12.3. The third-order valence-electron chi connectivity index (χ3n) is 2.63. The summed E-state index contributed by atoms with van der Waals surface area (Å²) in [6.45, 7) is 2.02. The summed E-state index contributed by atoms with van der Waals surface area (Å²) in [5.74, 6) is 4.91. The number of amides is 1. The van der Waals surface area contributed by atoms with Crippen molar-refractivity contribution >= 4 is 5.91 Å². The van der Waals surface area contributed by atoms with E-state index in [0.717, 1.165) is 16.7 Å². The fourth-order valence-corrected chi connectivity index (χ4v) is 1.82. The van der Waals surface area contributed by atoms with Crippen LogP contribution in [0.1, 0.15) is 15.9 Å². The molecule has 3 N–H and O–H groups in total. The van der Waals surface area contributed by atoms with E-state index in [9.17, 15) is 4.79 Å². The van der Waals surface area contributed by atoms with Crippen molar-refractivity contribution in [2.24, 2.45) is 5.84 Å². The molecule has 86 valence electrons. The largest absolute Gasteiger partial charge is 0.290 e. The lowest BCUT2D eigenvalue weighted by Gasteiger charge is -2.08. The number of rotatable bonds is 2. The molecule has 17 heavy (non-hydrogen) atoms. The van der Waals surface area contributed by atoms with Crippen LogP contribution in [0.25, 0.3) is 11.1 Å². The van der Waals surface area contributed by atoms with Gasteiger partial charge in [-0.2, -0.15) is 0 Å². The monoisotopic (exact) mass is 226 g/mol. The number of nitrogen functional groups attached to an aromatic ring is 1. The van der Waals surface area contributed by atoms with Gasteiger partial charge >= 0.3 is 0 Å². The van der Waals surface area contributed by atoms with Gasteiger partial charge in [0.1, 0.15) is 0 Å². The second-order valence-electron chi connectivity index (χ2n) is 3.89. The Morgan fingerprint density at radius 3 is 2.59 bits per heavy atom. The van der Waals surface area contributed by atoms with Gasteiger partial charge in [-0.25, -0.2) is 5.84 Å². The first kappa shape index (κ1) is 11.4. The van der Waals surface area contributed by atoms with Crippen LogP contribution in [0.2, 0.25) is 0 Å². The molecular formula is C14H14N2O. The highest BCUT2D eigenvalue weighted by atomic mass is 16.2. The average molecular weight is 226 g/mol. The number of hydrogen-bond acceptors (Lipinski definition) is 2. The lowest BCUT2D eigenvalue weighted by atomic mass is 9.98. The first-order valence-corrected chi connectivity index (χ1v) is 5.39. The minimum atomic E-state index is -0.276. The highest BCUT2D eigenvalue weighted by Gasteiger charge is 2.10. The molecule has 0 heterocycles. The smallest absolute Gasteiger partial charge is 0.265 e. The summed E-state index contributed by atoms with van der Waals surface area (Å²) in [6.07, 6.45) is 0. The zero-order valence-electron chi connectivity index (χ0n) is 9.60. The SMILES string of the molecule is Cc1cccc(-c2ccccc2C(=O)NN)c1. The molecule has 0 aliphatic carbocycles. The number of aryl methyl sites for hydroxylation is 1. The summed E-state index contributed by atoms with van der Waals surface area (Å²) >= 11 is 0. The molecule has 0 saturated heterocycles. The Labute approximate surface area is 100 Å². The van der Waals surface area contributed by atoms with Gasteiger partial charge in [-0.15, -0.1) is 0 Å². The fraction of sp³-hybridized carbons (Fsp3) is 0.0714. The molecule has 0 spiro atoms. The van der Waals surface area contributed by atoms with Crippen LogP contribution in [0.3, 0.4) is 0 Å². The Morgan fingerprint density at radius 1 is 1.12 bits per heavy atom. The van der Waals surface area contributed by atoms with Gasteiger partial charge in [0.05, 0.1) is 0 Å². The topological polar surface area (TPSA) is 55.1 Å². The van der Waals surface area contributed by atoms with Crippen molar-refractivity contribution in [1.82, 2.24) is 5.43 Å². The molecule has 0 aliphatic rings. The van der Waals surface area contributed by atoms with Crippen LogP contribution in [0.4, 0.5) is 0 Å². The molecule has 1 amide bonds. The summed E-state index contributed by atoms with van der Waals surface area (Å²) in [5, 5.41) is 0. The predicted octanol–water partition coefficient (Wildman–Crippen LogP) is 2.27. The lowest BCUT2D eigenvalue weighted by molar-refractivity contribution is 0.0954. The van der Waals surface area contributed by atoms with Crippen LogP contribution in [0.5, 0.6) is 0 Å². The summed E-state index contributed by atoms with van der Waals surface area (Å²) in [7, 11) is 0. The van der Waals surface area contributed by atoms with E-state index >= 15 is 0 Å². The number of carbonyl (C=O) groups is 1. The Morgan fingerprint density at radius 2 is 1.88 bits per heavy atom. The van der Waals surface area contributed by atoms with E-state index in [1.807, 2.05) is 49.4 Å². The molecule has 0 atom stereocenters. The quantitative estimate of drug-likeness (QED) is 0.469. The number of nitrogens with one attached hydrogen (secondary N) is 1. The Bertz CT molecular complexity index is 549. The lowest BCUT2D eigenvalue weighted by Crippen LogP contribution is -2.30. The normalized spacial score (nSPS) is 10.0. The van der Waals surface area contributed by atoms with Gasteiger partial charge < -0.3 is 0 Å². The van der Waals surface area contributed by atoms with E-state index < -0.39 is 0 Å². The van der Waals surface area contributed by atoms with Gasteiger partial charge in [-0.3, -0.25) is 10.2 Å². The molecule has 0 fully saturated rings. The van der Waals surface area contributed by atoms with Gasteiger partial charge in [0, 0.05) is 5.56 Å². The predicted molar refractivity (Wildman–Crippen MR) is 68.3 cm³/mol. The third kappa shape index (κ3) is 2.34. The number of nitrogens with two attached hydrogens (primary N) is 1.